The lowest BCUT2D eigenvalue weighted by Crippen LogP contribution is -2.22. The van der Waals surface area contributed by atoms with Gasteiger partial charge in [0.25, 0.3) is 0 Å². The van der Waals surface area contributed by atoms with E-state index in [0.29, 0.717) is 25.1 Å². The zero-order valence-electron chi connectivity index (χ0n) is 8.29. The van der Waals surface area contributed by atoms with Gasteiger partial charge in [0.1, 0.15) is 11.6 Å². The highest BCUT2D eigenvalue weighted by molar-refractivity contribution is 5.18. The molecule has 1 saturated heterocycles. The standard InChI is InChI=1S/C11H13F2NO/c12-9-1-2-11(13)8(5-9)6-14-4-3-10(15)7-14/h1-2,5,10,15H,3-4,6-7H2. The lowest BCUT2D eigenvalue weighted by molar-refractivity contribution is 0.174. The third-order valence-corrected chi connectivity index (χ3v) is 2.65. The van der Waals surface area contributed by atoms with E-state index in [2.05, 4.69) is 0 Å². The van der Waals surface area contributed by atoms with Crippen LogP contribution in [0.15, 0.2) is 18.2 Å². The Morgan fingerprint density at radius 2 is 2.20 bits per heavy atom. The molecule has 1 heterocycles. The Labute approximate surface area is 87.1 Å². The molecule has 1 aliphatic heterocycles. The number of hydrogen-bond acceptors (Lipinski definition) is 2. The molecule has 0 amide bonds. The summed E-state index contributed by atoms with van der Waals surface area (Å²) in [6, 6.07) is 3.45. The van der Waals surface area contributed by atoms with Crippen molar-refractivity contribution < 1.29 is 13.9 Å². The molecule has 1 aromatic rings. The summed E-state index contributed by atoms with van der Waals surface area (Å²) in [5.41, 5.74) is 0.351. The minimum Gasteiger partial charge on any atom is -0.392 e. The summed E-state index contributed by atoms with van der Waals surface area (Å²) >= 11 is 0. The van der Waals surface area contributed by atoms with Crippen LogP contribution >= 0.6 is 0 Å². The molecule has 2 rings (SSSR count). The second kappa shape index (κ2) is 4.24. The molecule has 15 heavy (non-hydrogen) atoms. The van der Waals surface area contributed by atoms with Crippen molar-refractivity contribution in [3.8, 4) is 0 Å². The van der Waals surface area contributed by atoms with E-state index in [0.717, 1.165) is 18.7 Å². The number of benzene rings is 1. The number of β-amino-alcohol motifs (C(OH)–C–C–N with tert-alkyl or cyclic N) is 1. The molecule has 0 bridgehead atoms. The zero-order chi connectivity index (χ0) is 10.8. The van der Waals surface area contributed by atoms with Gasteiger partial charge in [0.15, 0.2) is 0 Å². The van der Waals surface area contributed by atoms with Gasteiger partial charge >= 0.3 is 0 Å². The maximum Gasteiger partial charge on any atom is 0.127 e. The summed E-state index contributed by atoms with van der Waals surface area (Å²) in [5.74, 6) is -0.816. The van der Waals surface area contributed by atoms with Gasteiger partial charge in [-0.25, -0.2) is 8.78 Å². The highest BCUT2D eigenvalue weighted by Gasteiger charge is 2.21. The molecule has 1 aliphatic rings. The van der Waals surface area contributed by atoms with Gasteiger partial charge in [-0.15, -0.1) is 0 Å². The minimum atomic E-state index is -0.425. The van der Waals surface area contributed by atoms with Crippen LogP contribution in [0.5, 0.6) is 0 Å². The van der Waals surface area contributed by atoms with Gasteiger partial charge in [-0.3, -0.25) is 4.90 Å². The number of halogens is 2. The van der Waals surface area contributed by atoms with E-state index < -0.39 is 11.6 Å². The Morgan fingerprint density at radius 3 is 2.87 bits per heavy atom. The average Bonchev–Trinajstić information content (AvgIpc) is 2.58. The molecule has 1 fully saturated rings. The van der Waals surface area contributed by atoms with Crippen LogP contribution in [-0.2, 0) is 6.54 Å². The Morgan fingerprint density at radius 1 is 1.40 bits per heavy atom. The van der Waals surface area contributed by atoms with Crippen molar-refractivity contribution in [3.63, 3.8) is 0 Å². The van der Waals surface area contributed by atoms with Crippen molar-refractivity contribution in [2.45, 2.75) is 19.1 Å². The Kier molecular flexibility index (Phi) is 2.98. The predicted octanol–water partition coefficient (Wildman–Crippen LogP) is 1.53. The lowest BCUT2D eigenvalue weighted by atomic mass is 10.2. The number of likely N-dealkylation sites (tertiary alicyclic amines) is 1. The number of rotatable bonds is 2. The van der Waals surface area contributed by atoms with Gasteiger partial charge < -0.3 is 5.11 Å². The van der Waals surface area contributed by atoms with Gasteiger partial charge in [0, 0.05) is 25.2 Å². The molecule has 1 unspecified atom stereocenters. The van der Waals surface area contributed by atoms with Gasteiger partial charge in [-0.2, -0.15) is 0 Å². The molecule has 0 aromatic heterocycles. The quantitative estimate of drug-likeness (QED) is 0.805. The normalized spacial score (nSPS) is 22.2. The SMILES string of the molecule is OC1CCN(Cc2cc(F)ccc2F)C1. The second-order valence-corrected chi connectivity index (χ2v) is 3.91. The van der Waals surface area contributed by atoms with E-state index in [1.54, 1.807) is 0 Å². The van der Waals surface area contributed by atoms with Gasteiger partial charge in [0.05, 0.1) is 6.10 Å². The van der Waals surface area contributed by atoms with Gasteiger partial charge in [-0.1, -0.05) is 0 Å². The maximum atomic E-state index is 13.3. The average molecular weight is 213 g/mol. The summed E-state index contributed by atoms with van der Waals surface area (Å²) < 4.78 is 26.1. The van der Waals surface area contributed by atoms with Gasteiger partial charge in [-0.05, 0) is 24.6 Å². The van der Waals surface area contributed by atoms with E-state index in [4.69, 9.17) is 0 Å². The Bertz CT molecular complexity index is 356. The number of aliphatic hydroxyl groups excluding tert-OH is 1. The van der Waals surface area contributed by atoms with E-state index in [1.165, 1.54) is 6.07 Å². The molecule has 0 radical (unpaired) electrons. The topological polar surface area (TPSA) is 23.5 Å². The largest absolute Gasteiger partial charge is 0.392 e. The summed E-state index contributed by atoms with van der Waals surface area (Å²) in [6.45, 7) is 1.63. The van der Waals surface area contributed by atoms with Crippen LogP contribution in [0.1, 0.15) is 12.0 Å². The van der Waals surface area contributed by atoms with Crippen molar-refractivity contribution in [1.29, 1.82) is 0 Å². The van der Waals surface area contributed by atoms with Crippen LogP contribution in [-0.4, -0.2) is 29.2 Å². The number of nitrogens with zero attached hydrogens (tertiary/aromatic N) is 1. The second-order valence-electron chi connectivity index (χ2n) is 3.91. The van der Waals surface area contributed by atoms with Crippen molar-refractivity contribution in [3.05, 3.63) is 35.4 Å². The molecule has 2 nitrogen and oxygen atoms in total. The molecule has 1 atom stereocenters. The smallest absolute Gasteiger partial charge is 0.127 e. The molecule has 4 heteroatoms. The fraction of sp³-hybridized carbons (Fsp3) is 0.455. The first-order valence-electron chi connectivity index (χ1n) is 4.99. The van der Waals surface area contributed by atoms with Gasteiger partial charge in [0.2, 0.25) is 0 Å². The zero-order valence-corrected chi connectivity index (χ0v) is 8.29. The summed E-state index contributed by atoms with van der Waals surface area (Å²) in [6.07, 6.45) is 0.373. The van der Waals surface area contributed by atoms with Crippen molar-refractivity contribution in [1.82, 2.24) is 4.90 Å². The molecular weight excluding hydrogens is 200 g/mol. The Hall–Kier alpha value is -1.00. The van der Waals surface area contributed by atoms with Crippen LogP contribution in [0.3, 0.4) is 0 Å². The molecule has 0 saturated carbocycles. The highest BCUT2D eigenvalue weighted by atomic mass is 19.1. The lowest BCUT2D eigenvalue weighted by Gasteiger charge is -2.15. The van der Waals surface area contributed by atoms with Crippen LogP contribution in [0.25, 0.3) is 0 Å². The third-order valence-electron chi connectivity index (χ3n) is 2.65. The first kappa shape index (κ1) is 10.5. The first-order chi connectivity index (χ1) is 7.15. The van der Waals surface area contributed by atoms with Crippen LogP contribution in [0.2, 0.25) is 0 Å². The summed E-state index contributed by atoms with van der Waals surface area (Å²) in [7, 11) is 0. The summed E-state index contributed by atoms with van der Waals surface area (Å²) in [5, 5.41) is 9.29. The first-order valence-corrected chi connectivity index (χ1v) is 4.99. The van der Waals surface area contributed by atoms with Crippen molar-refractivity contribution in [2.75, 3.05) is 13.1 Å². The van der Waals surface area contributed by atoms with Crippen LogP contribution < -0.4 is 0 Å². The van der Waals surface area contributed by atoms with E-state index in [9.17, 15) is 13.9 Å². The molecule has 1 aromatic carbocycles. The van der Waals surface area contributed by atoms with Crippen molar-refractivity contribution in [2.24, 2.45) is 0 Å². The molecular formula is C11H13F2NO. The number of hydrogen-bond donors (Lipinski definition) is 1. The molecule has 1 N–H and O–H groups in total. The molecule has 0 aliphatic carbocycles. The van der Waals surface area contributed by atoms with E-state index >= 15 is 0 Å². The minimum absolute atomic E-state index is 0.332. The van der Waals surface area contributed by atoms with Crippen molar-refractivity contribution >= 4 is 0 Å². The van der Waals surface area contributed by atoms with E-state index in [-0.39, 0.29) is 6.10 Å². The fourth-order valence-electron chi connectivity index (χ4n) is 1.86. The summed E-state index contributed by atoms with van der Waals surface area (Å²) in [4.78, 5) is 1.92. The maximum absolute atomic E-state index is 13.3. The molecule has 82 valence electrons. The predicted molar refractivity (Wildman–Crippen MR) is 52.3 cm³/mol. The fourth-order valence-corrected chi connectivity index (χ4v) is 1.86. The Balaban J connectivity index is 2.07. The monoisotopic (exact) mass is 213 g/mol. The highest BCUT2D eigenvalue weighted by Crippen LogP contribution is 2.16. The van der Waals surface area contributed by atoms with Crippen LogP contribution in [0.4, 0.5) is 8.78 Å². The van der Waals surface area contributed by atoms with Crippen LogP contribution in [0, 0.1) is 11.6 Å². The third kappa shape index (κ3) is 2.52. The number of aliphatic hydroxyl groups is 1. The molecule has 0 spiro atoms. The van der Waals surface area contributed by atoms with E-state index in [1.807, 2.05) is 4.90 Å².